The third kappa shape index (κ3) is 2.74. The largest absolute Gasteiger partial charge is 0.466 e. The molecule has 0 aliphatic heterocycles. The molecule has 0 bridgehead atoms. The van der Waals surface area contributed by atoms with E-state index in [-0.39, 0.29) is 12.4 Å². The normalized spacial score (nSPS) is 10.3. The van der Waals surface area contributed by atoms with Crippen molar-refractivity contribution in [2.75, 3.05) is 6.61 Å². The molecule has 1 heterocycles. The van der Waals surface area contributed by atoms with Crippen molar-refractivity contribution in [3.8, 4) is 11.4 Å². The molecule has 0 amide bonds. The van der Waals surface area contributed by atoms with Crippen molar-refractivity contribution in [1.29, 1.82) is 0 Å². The van der Waals surface area contributed by atoms with Crippen LogP contribution >= 0.6 is 0 Å². The lowest BCUT2D eigenvalue weighted by atomic mass is 10.2. The number of esters is 1. The van der Waals surface area contributed by atoms with Gasteiger partial charge in [0.25, 0.3) is 0 Å². The van der Waals surface area contributed by atoms with Crippen molar-refractivity contribution in [3.63, 3.8) is 0 Å². The third-order valence-electron chi connectivity index (χ3n) is 2.45. The van der Waals surface area contributed by atoms with E-state index in [1.54, 1.807) is 11.6 Å². The zero-order chi connectivity index (χ0) is 13.0. The second-order valence-corrected chi connectivity index (χ2v) is 3.82. The maximum atomic E-state index is 11.4. The summed E-state index contributed by atoms with van der Waals surface area (Å²) < 4.78 is 6.54. The van der Waals surface area contributed by atoms with Gasteiger partial charge in [0.15, 0.2) is 11.6 Å². The number of ether oxygens (including phenoxy) is 1. The molecule has 94 valence electrons. The molecule has 0 aliphatic rings. The molecule has 0 saturated heterocycles. The fraction of sp³-hybridized carbons (Fsp3) is 0.308. The summed E-state index contributed by atoms with van der Waals surface area (Å²) in [5.74, 6) is 0.924. The topological polar surface area (TPSA) is 57.0 Å². The van der Waals surface area contributed by atoms with Gasteiger partial charge in [-0.2, -0.15) is 5.10 Å². The van der Waals surface area contributed by atoms with Gasteiger partial charge < -0.3 is 4.74 Å². The first-order chi connectivity index (χ1) is 8.70. The number of hydrogen-bond donors (Lipinski definition) is 0. The second-order valence-electron chi connectivity index (χ2n) is 3.82. The summed E-state index contributed by atoms with van der Waals surface area (Å²) in [6.07, 6.45) is 0.106. The van der Waals surface area contributed by atoms with Gasteiger partial charge in [0.05, 0.1) is 6.61 Å². The minimum atomic E-state index is -0.303. The number of benzene rings is 1. The lowest BCUT2D eigenvalue weighted by Gasteiger charge is -1.97. The van der Waals surface area contributed by atoms with E-state index in [4.69, 9.17) is 4.74 Å². The van der Waals surface area contributed by atoms with E-state index in [0.29, 0.717) is 12.4 Å². The maximum absolute atomic E-state index is 11.4. The van der Waals surface area contributed by atoms with Crippen LogP contribution in [0.5, 0.6) is 0 Å². The van der Waals surface area contributed by atoms with E-state index in [9.17, 15) is 4.79 Å². The molecule has 1 aromatic carbocycles. The maximum Gasteiger partial charge on any atom is 0.313 e. The third-order valence-corrected chi connectivity index (χ3v) is 2.45. The van der Waals surface area contributed by atoms with Gasteiger partial charge in [-0.15, -0.1) is 0 Å². The van der Waals surface area contributed by atoms with Crippen LogP contribution in [0.3, 0.4) is 0 Å². The summed E-state index contributed by atoms with van der Waals surface area (Å²) in [4.78, 5) is 15.7. The monoisotopic (exact) mass is 245 g/mol. The van der Waals surface area contributed by atoms with Gasteiger partial charge in [-0.05, 0) is 6.92 Å². The lowest BCUT2D eigenvalue weighted by molar-refractivity contribution is -0.142. The number of rotatable bonds is 4. The Kier molecular flexibility index (Phi) is 3.72. The van der Waals surface area contributed by atoms with E-state index in [1.807, 2.05) is 37.4 Å². The summed E-state index contributed by atoms with van der Waals surface area (Å²) in [5, 5.41) is 4.21. The summed E-state index contributed by atoms with van der Waals surface area (Å²) in [5.41, 5.74) is 0.975. The molecule has 18 heavy (non-hydrogen) atoms. The van der Waals surface area contributed by atoms with Gasteiger partial charge in [0, 0.05) is 12.6 Å². The van der Waals surface area contributed by atoms with E-state index in [0.717, 1.165) is 11.4 Å². The van der Waals surface area contributed by atoms with Crippen LogP contribution in [0.15, 0.2) is 30.3 Å². The highest BCUT2D eigenvalue weighted by Gasteiger charge is 2.12. The number of aryl methyl sites for hydroxylation is 1. The van der Waals surface area contributed by atoms with Gasteiger partial charge in [0.1, 0.15) is 6.42 Å². The van der Waals surface area contributed by atoms with Crippen LogP contribution in [-0.2, 0) is 23.0 Å². The second kappa shape index (κ2) is 5.44. The summed E-state index contributed by atoms with van der Waals surface area (Å²) in [6, 6.07) is 9.74. The molecule has 0 aliphatic carbocycles. The molecule has 5 nitrogen and oxygen atoms in total. The Morgan fingerprint density at radius 2 is 2.06 bits per heavy atom. The standard InChI is InChI=1S/C13H15N3O2/c1-3-18-12(17)9-11-14-13(16(2)15-11)10-7-5-4-6-8-10/h4-8H,3,9H2,1-2H3. The molecule has 2 rings (SSSR count). The molecular weight excluding hydrogens is 230 g/mol. The van der Waals surface area contributed by atoms with E-state index < -0.39 is 0 Å². The molecule has 0 radical (unpaired) electrons. The molecule has 0 unspecified atom stereocenters. The SMILES string of the molecule is CCOC(=O)Cc1nc(-c2ccccc2)n(C)n1. The Balaban J connectivity index is 2.20. The Bertz CT molecular complexity index is 534. The van der Waals surface area contributed by atoms with Gasteiger partial charge >= 0.3 is 5.97 Å². The summed E-state index contributed by atoms with van der Waals surface area (Å²) >= 11 is 0. The van der Waals surface area contributed by atoms with Gasteiger partial charge in [-0.1, -0.05) is 30.3 Å². The fourth-order valence-corrected chi connectivity index (χ4v) is 1.69. The number of hydrogen-bond acceptors (Lipinski definition) is 4. The zero-order valence-electron chi connectivity index (χ0n) is 10.5. The Morgan fingerprint density at radius 3 is 2.72 bits per heavy atom. The molecule has 0 atom stereocenters. The van der Waals surface area contributed by atoms with Crippen LogP contribution in [0.2, 0.25) is 0 Å². The molecule has 0 spiro atoms. The number of nitrogens with zero attached hydrogens (tertiary/aromatic N) is 3. The molecular formula is C13H15N3O2. The van der Waals surface area contributed by atoms with Crippen molar-refractivity contribution in [3.05, 3.63) is 36.2 Å². The smallest absolute Gasteiger partial charge is 0.313 e. The molecule has 0 N–H and O–H groups in total. The van der Waals surface area contributed by atoms with Crippen molar-refractivity contribution < 1.29 is 9.53 Å². The van der Waals surface area contributed by atoms with Crippen LogP contribution in [0.25, 0.3) is 11.4 Å². The predicted octanol–water partition coefficient (Wildman–Crippen LogP) is 1.59. The van der Waals surface area contributed by atoms with Crippen molar-refractivity contribution in [2.45, 2.75) is 13.3 Å². The average molecular weight is 245 g/mol. The van der Waals surface area contributed by atoms with Crippen molar-refractivity contribution >= 4 is 5.97 Å². The van der Waals surface area contributed by atoms with Crippen LogP contribution in [0.4, 0.5) is 0 Å². The molecule has 2 aromatic rings. The zero-order valence-corrected chi connectivity index (χ0v) is 10.5. The van der Waals surface area contributed by atoms with Crippen LogP contribution in [-0.4, -0.2) is 27.3 Å². The Hall–Kier alpha value is -2.17. The molecule has 1 aromatic heterocycles. The van der Waals surface area contributed by atoms with E-state index in [1.165, 1.54) is 0 Å². The lowest BCUT2D eigenvalue weighted by Crippen LogP contribution is -2.08. The van der Waals surface area contributed by atoms with Crippen LogP contribution in [0.1, 0.15) is 12.7 Å². The first-order valence-electron chi connectivity index (χ1n) is 5.81. The fourth-order valence-electron chi connectivity index (χ4n) is 1.69. The highest BCUT2D eigenvalue weighted by atomic mass is 16.5. The van der Waals surface area contributed by atoms with Crippen molar-refractivity contribution in [2.24, 2.45) is 7.05 Å². The number of carbonyl (C=O) groups is 1. The summed E-state index contributed by atoms with van der Waals surface area (Å²) in [6.45, 7) is 2.15. The molecule has 5 heteroatoms. The first kappa shape index (κ1) is 12.3. The van der Waals surface area contributed by atoms with Crippen LogP contribution in [0, 0.1) is 0 Å². The number of carbonyl (C=O) groups excluding carboxylic acids is 1. The van der Waals surface area contributed by atoms with E-state index in [2.05, 4.69) is 10.1 Å². The highest BCUT2D eigenvalue weighted by Crippen LogP contribution is 2.15. The van der Waals surface area contributed by atoms with Crippen molar-refractivity contribution in [1.82, 2.24) is 14.8 Å². The van der Waals surface area contributed by atoms with Gasteiger partial charge in [-0.3, -0.25) is 4.79 Å². The quantitative estimate of drug-likeness (QED) is 0.767. The predicted molar refractivity (Wildman–Crippen MR) is 66.8 cm³/mol. The average Bonchev–Trinajstić information content (AvgIpc) is 2.71. The molecule has 0 saturated carbocycles. The number of aromatic nitrogens is 3. The minimum absolute atomic E-state index is 0.106. The van der Waals surface area contributed by atoms with E-state index >= 15 is 0 Å². The Morgan fingerprint density at radius 1 is 1.33 bits per heavy atom. The van der Waals surface area contributed by atoms with Gasteiger partial charge in [0.2, 0.25) is 0 Å². The minimum Gasteiger partial charge on any atom is -0.466 e. The summed E-state index contributed by atoms with van der Waals surface area (Å²) in [7, 11) is 1.81. The Labute approximate surface area is 105 Å². The van der Waals surface area contributed by atoms with Gasteiger partial charge in [-0.25, -0.2) is 9.67 Å². The highest BCUT2D eigenvalue weighted by molar-refractivity contribution is 5.71. The van der Waals surface area contributed by atoms with Crippen LogP contribution < -0.4 is 0 Å². The molecule has 0 fully saturated rings. The first-order valence-corrected chi connectivity index (χ1v) is 5.81.